The predicted molar refractivity (Wildman–Crippen MR) is 141 cm³/mol. The largest absolute Gasteiger partial charge is 0.493 e. The fraction of sp³-hybridized carbons (Fsp3) is 0.276. The van der Waals surface area contributed by atoms with Gasteiger partial charge in [-0.1, -0.05) is 12.1 Å². The Bertz CT molecular complexity index is 1560. The van der Waals surface area contributed by atoms with Crippen molar-refractivity contribution in [1.29, 1.82) is 0 Å². The van der Waals surface area contributed by atoms with Crippen molar-refractivity contribution in [2.24, 2.45) is 0 Å². The number of hydrogen-bond donors (Lipinski definition) is 3. The van der Waals surface area contributed by atoms with E-state index in [4.69, 9.17) is 19.3 Å². The number of amides is 2. The topological polar surface area (TPSA) is 119 Å². The van der Waals surface area contributed by atoms with Crippen molar-refractivity contribution in [3.05, 3.63) is 66.4 Å². The van der Waals surface area contributed by atoms with Crippen LogP contribution in [0.4, 0.5) is 4.79 Å². The second-order valence-electron chi connectivity index (χ2n) is 9.87. The second-order valence-corrected chi connectivity index (χ2v) is 9.87. The lowest BCUT2D eigenvalue weighted by molar-refractivity contribution is 0.0952. The summed E-state index contributed by atoms with van der Waals surface area (Å²) in [5.41, 5.74) is 0.742. The molecule has 2 fully saturated rings. The number of hydrogen-bond acceptors (Lipinski definition) is 6. The summed E-state index contributed by atoms with van der Waals surface area (Å²) in [4.78, 5) is 28.2. The highest BCUT2D eigenvalue weighted by molar-refractivity contribution is 6.07. The van der Waals surface area contributed by atoms with Crippen LogP contribution in [0.15, 0.2) is 60.8 Å². The lowest BCUT2D eigenvalue weighted by Crippen LogP contribution is -2.40. The molecule has 6 rings (SSSR count). The van der Waals surface area contributed by atoms with Crippen LogP contribution in [0, 0.1) is 0 Å². The van der Waals surface area contributed by atoms with Crippen molar-refractivity contribution in [1.82, 2.24) is 15.6 Å². The van der Waals surface area contributed by atoms with E-state index in [9.17, 15) is 9.59 Å². The zero-order valence-corrected chi connectivity index (χ0v) is 20.8. The van der Waals surface area contributed by atoms with Gasteiger partial charge in [0.25, 0.3) is 5.91 Å². The average molecular weight is 514 g/mol. The van der Waals surface area contributed by atoms with Crippen molar-refractivity contribution in [3.63, 3.8) is 0 Å². The molecule has 9 nitrogen and oxygen atoms in total. The van der Waals surface area contributed by atoms with Gasteiger partial charge in [-0.25, -0.2) is 4.79 Å². The van der Waals surface area contributed by atoms with Gasteiger partial charge in [0, 0.05) is 29.3 Å². The Balaban J connectivity index is 1.26. The molecule has 1 aromatic heterocycles. The van der Waals surface area contributed by atoms with Gasteiger partial charge < -0.3 is 30.0 Å². The van der Waals surface area contributed by atoms with Crippen molar-refractivity contribution < 1.29 is 28.9 Å². The number of nitrogens with one attached hydrogen (secondary N) is 2. The molecule has 2 aliphatic carbocycles. The molecule has 3 N–H and O–H groups in total. The number of carboxylic acid groups (broad SMARTS) is 1. The quantitative estimate of drug-likeness (QED) is 0.279. The maximum atomic E-state index is 12.7. The Kier molecular flexibility index (Phi) is 5.90. The first-order valence-corrected chi connectivity index (χ1v) is 12.6. The van der Waals surface area contributed by atoms with Crippen molar-refractivity contribution >= 4 is 33.7 Å². The number of carbonyl (C=O) groups excluding carboxylic acids is 1. The van der Waals surface area contributed by atoms with E-state index in [0.717, 1.165) is 41.8 Å². The molecule has 2 aliphatic rings. The van der Waals surface area contributed by atoms with Crippen LogP contribution in [-0.4, -0.2) is 47.4 Å². The van der Waals surface area contributed by atoms with Crippen molar-refractivity contribution in [2.45, 2.75) is 37.3 Å². The first kappa shape index (κ1) is 23.8. The zero-order chi connectivity index (χ0) is 26.3. The van der Waals surface area contributed by atoms with Gasteiger partial charge in [0.05, 0.1) is 18.2 Å². The Labute approximate surface area is 218 Å². The molecule has 38 heavy (non-hydrogen) atoms. The summed E-state index contributed by atoms with van der Waals surface area (Å²) < 4.78 is 17.8. The number of methoxy groups -OCH3 is 1. The summed E-state index contributed by atoms with van der Waals surface area (Å²) in [5, 5.41) is 17.2. The van der Waals surface area contributed by atoms with Crippen LogP contribution < -0.4 is 24.8 Å². The van der Waals surface area contributed by atoms with E-state index in [1.807, 2.05) is 36.4 Å². The van der Waals surface area contributed by atoms with Gasteiger partial charge in [0.2, 0.25) is 0 Å². The standard InChI is InChI=1S/C29H27N3O6/c1-36-25-14-22-23(15-26(25)37-16-29(10-11-29)32-28(34)35)30-12-9-24(22)38-19-7-8-20-17(13-19)3-2-4-21(20)27(33)31-18-5-6-18/h2-4,7-9,12-15,18,32H,5-6,10-11,16H2,1H3,(H,31,33)(H,34,35). The van der Waals surface area contributed by atoms with Crippen LogP contribution in [0.2, 0.25) is 0 Å². The lowest BCUT2D eigenvalue weighted by atomic mass is 10.0. The van der Waals surface area contributed by atoms with E-state index in [1.165, 1.54) is 0 Å². The molecule has 194 valence electrons. The second kappa shape index (κ2) is 9.41. The molecule has 4 aromatic rings. The number of benzene rings is 3. The molecule has 0 saturated heterocycles. The number of fused-ring (bicyclic) bond motifs is 2. The highest BCUT2D eigenvalue weighted by Gasteiger charge is 2.45. The number of aromatic nitrogens is 1. The molecule has 2 saturated carbocycles. The molecule has 0 radical (unpaired) electrons. The first-order valence-electron chi connectivity index (χ1n) is 12.6. The summed E-state index contributed by atoms with van der Waals surface area (Å²) in [6.45, 7) is 0.203. The van der Waals surface area contributed by atoms with Crippen LogP contribution in [0.3, 0.4) is 0 Å². The molecular formula is C29H27N3O6. The lowest BCUT2D eigenvalue weighted by Gasteiger charge is -2.18. The maximum absolute atomic E-state index is 12.7. The molecule has 3 aromatic carbocycles. The summed E-state index contributed by atoms with van der Waals surface area (Å²) in [5.74, 6) is 2.13. The number of rotatable bonds is 9. The van der Waals surface area contributed by atoms with E-state index in [1.54, 1.807) is 31.5 Å². The summed E-state index contributed by atoms with van der Waals surface area (Å²) in [7, 11) is 1.55. The average Bonchev–Trinajstić information content (AvgIpc) is 3.85. The van der Waals surface area contributed by atoms with E-state index >= 15 is 0 Å². The van der Waals surface area contributed by atoms with E-state index in [0.29, 0.717) is 40.1 Å². The monoisotopic (exact) mass is 513 g/mol. The van der Waals surface area contributed by atoms with Crippen LogP contribution in [0.25, 0.3) is 21.7 Å². The highest BCUT2D eigenvalue weighted by Crippen LogP contribution is 2.40. The molecule has 9 heteroatoms. The van der Waals surface area contributed by atoms with Gasteiger partial charge in [-0.2, -0.15) is 0 Å². The van der Waals surface area contributed by atoms with Crippen LogP contribution >= 0.6 is 0 Å². The van der Waals surface area contributed by atoms with E-state index in [2.05, 4.69) is 15.6 Å². The van der Waals surface area contributed by atoms with Crippen LogP contribution in [0.1, 0.15) is 36.0 Å². The summed E-state index contributed by atoms with van der Waals surface area (Å²) in [6, 6.07) is 17.0. The Morgan fingerprint density at radius 3 is 2.61 bits per heavy atom. The molecule has 2 amide bonds. The molecule has 0 bridgehead atoms. The Hall–Kier alpha value is -4.53. The summed E-state index contributed by atoms with van der Waals surface area (Å²) in [6.07, 6.45) is 4.12. The molecule has 0 atom stereocenters. The van der Waals surface area contributed by atoms with Crippen LogP contribution in [0.5, 0.6) is 23.0 Å². The summed E-state index contributed by atoms with van der Waals surface area (Å²) >= 11 is 0. The fourth-order valence-electron chi connectivity index (χ4n) is 4.53. The zero-order valence-electron chi connectivity index (χ0n) is 20.8. The minimum atomic E-state index is -1.06. The SMILES string of the molecule is COc1cc2c(Oc3ccc4c(C(=O)NC5CC5)cccc4c3)ccnc2cc1OCC1(NC(=O)O)CC1. The number of carbonyl (C=O) groups is 2. The third-order valence-corrected chi connectivity index (χ3v) is 6.95. The van der Waals surface area contributed by atoms with Gasteiger partial charge in [-0.3, -0.25) is 9.78 Å². The number of nitrogens with zero attached hydrogens (tertiary/aromatic N) is 1. The van der Waals surface area contributed by atoms with Gasteiger partial charge in [-0.05, 0) is 72.9 Å². The molecule has 0 spiro atoms. The minimum Gasteiger partial charge on any atom is -0.493 e. The predicted octanol–water partition coefficient (Wildman–Crippen LogP) is 5.26. The van der Waals surface area contributed by atoms with E-state index < -0.39 is 11.6 Å². The van der Waals surface area contributed by atoms with Crippen molar-refractivity contribution in [2.75, 3.05) is 13.7 Å². The van der Waals surface area contributed by atoms with Gasteiger partial charge >= 0.3 is 6.09 Å². The van der Waals surface area contributed by atoms with Crippen molar-refractivity contribution in [3.8, 4) is 23.0 Å². The highest BCUT2D eigenvalue weighted by atomic mass is 16.5. The van der Waals surface area contributed by atoms with Gasteiger partial charge in [0.1, 0.15) is 18.1 Å². The molecule has 0 unspecified atom stereocenters. The smallest absolute Gasteiger partial charge is 0.405 e. The third kappa shape index (κ3) is 4.87. The normalized spacial score (nSPS) is 15.6. The number of pyridine rings is 1. The Morgan fingerprint density at radius 1 is 1.03 bits per heavy atom. The minimum absolute atomic E-state index is 0.0524. The van der Waals surface area contributed by atoms with E-state index in [-0.39, 0.29) is 12.5 Å². The Morgan fingerprint density at radius 2 is 1.87 bits per heavy atom. The van der Waals surface area contributed by atoms with Gasteiger partial charge in [-0.15, -0.1) is 0 Å². The van der Waals surface area contributed by atoms with Crippen LogP contribution in [-0.2, 0) is 0 Å². The first-order chi connectivity index (χ1) is 18.4. The molecule has 1 heterocycles. The maximum Gasteiger partial charge on any atom is 0.405 e. The van der Waals surface area contributed by atoms with Gasteiger partial charge in [0.15, 0.2) is 11.5 Å². The number of ether oxygens (including phenoxy) is 3. The third-order valence-electron chi connectivity index (χ3n) is 6.95. The molecule has 0 aliphatic heterocycles. The molecular weight excluding hydrogens is 486 g/mol. The fourth-order valence-corrected chi connectivity index (χ4v) is 4.53.